The molecular formula is C15H24N2O2S2. The highest BCUT2D eigenvalue weighted by Crippen LogP contribution is 2.27. The van der Waals surface area contributed by atoms with Gasteiger partial charge in [-0.2, -0.15) is 11.8 Å². The van der Waals surface area contributed by atoms with E-state index in [2.05, 4.69) is 30.5 Å². The molecule has 2 heterocycles. The van der Waals surface area contributed by atoms with Crippen LogP contribution < -0.4 is 10.6 Å². The van der Waals surface area contributed by atoms with Crippen LogP contribution in [0.5, 0.6) is 0 Å². The van der Waals surface area contributed by atoms with Crippen molar-refractivity contribution in [2.24, 2.45) is 5.92 Å². The quantitative estimate of drug-likeness (QED) is 0.752. The molecule has 1 aromatic heterocycles. The zero-order chi connectivity index (χ0) is 15.3. The van der Waals surface area contributed by atoms with Gasteiger partial charge < -0.3 is 15.7 Å². The van der Waals surface area contributed by atoms with E-state index in [1.807, 2.05) is 11.4 Å². The van der Waals surface area contributed by atoms with Gasteiger partial charge in [0.25, 0.3) is 0 Å². The Hall–Kier alpha value is -0.720. The van der Waals surface area contributed by atoms with Gasteiger partial charge >= 0.3 is 6.03 Å². The van der Waals surface area contributed by atoms with Gasteiger partial charge in [0.15, 0.2) is 0 Å². The van der Waals surface area contributed by atoms with Gasteiger partial charge in [0, 0.05) is 17.2 Å². The van der Waals surface area contributed by atoms with Crippen molar-refractivity contribution in [2.45, 2.75) is 38.3 Å². The van der Waals surface area contributed by atoms with Crippen molar-refractivity contribution < 1.29 is 9.90 Å². The lowest BCUT2D eigenvalue weighted by Gasteiger charge is -2.24. The molecule has 1 aliphatic heterocycles. The number of hydrogen-bond donors (Lipinski definition) is 3. The summed E-state index contributed by atoms with van der Waals surface area (Å²) in [5.41, 5.74) is -0.738. The molecule has 1 aromatic rings. The third kappa shape index (κ3) is 5.20. The minimum atomic E-state index is -0.738. The first kappa shape index (κ1) is 16.6. The molecule has 2 rings (SSSR count). The van der Waals surface area contributed by atoms with Gasteiger partial charge in [-0.15, -0.1) is 11.3 Å². The first-order valence-electron chi connectivity index (χ1n) is 7.36. The van der Waals surface area contributed by atoms with Gasteiger partial charge in [-0.1, -0.05) is 19.9 Å². The smallest absolute Gasteiger partial charge is 0.315 e. The largest absolute Gasteiger partial charge is 0.387 e. The first-order valence-corrected chi connectivity index (χ1v) is 9.40. The third-order valence-electron chi connectivity index (χ3n) is 3.56. The number of urea groups is 1. The summed E-state index contributed by atoms with van der Waals surface area (Å²) in [6, 6.07) is 3.90. The summed E-state index contributed by atoms with van der Waals surface area (Å²) in [4.78, 5) is 13.3. The molecule has 0 bridgehead atoms. The second kappa shape index (κ2) is 7.51. The standard InChI is InChI=1S/C15H24N2O2S2/c1-11(2)8-12(13-4-3-6-21-13)17-14(18)16-9-15(19)5-7-20-10-15/h3-4,6,11-12,19H,5,7-10H2,1-2H3,(H2,16,17,18)/t12-,15-/m1/s1. The summed E-state index contributed by atoms with van der Waals surface area (Å²) in [7, 11) is 0. The van der Waals surface area contributed by atoms with E-state index >= 15 is 0 Å². The maximum Gasteiger partial charge on any atom is 0.315 e. The maximum absolute atomic E-state index is 12.1. The molecule has 0 aromatic carbocycles. The normalized spacial score (nSPS) is 23.2. The van der Waals surface area contributed by atoms with Crippen LogP contribution in [0.4, 0.5) is 4.79 Å². The number of nitrogens with one attached hydrogen (secondary N) is 2. The number of carbonyl (C=O) groups excluding carboxylic acids is 1. The predicted molar refractivity (Wildman–Crippen MR) is 89.9 cm³/mol. The van der Waals surface area contributed by atoms with E-state index in [1.54, 1.807) is 23.1 Å². The molecule has 2 atom stereocenters. The highest BCUT2D eigenvalue weighted by molar-refractivity contribution is 7.99. The number of carbonyl (C=O) groups is 1. The van der Waals surface area contributed by atoms with Crippen molar-refractivity contribution in [2.75, 3.05) is 18.1 Å². The fourth-order valence-corrected chi connectivity index (χ4v) is 4.48. The number of hydrogen-bond acceptors (Lipinski definition) is 4. The lowest BCUT2D eigenvalue weighted by molar-refractivity contribution is 0.0698. The second-order valence-corrected chi connectivity index (χ2v) is 8.14. The number of thiophene rings is 1. The molecule has 0 spiro atoms. The Balaban J connectivity index is 1.86. The van der Waals surface area contributed by atoms with Crippen LogP contribution in [0.1, 0.15) is 37.6 Å². The van der Waals surface area contributed by atoms with Crippen LogP contribution in [-0.4, -0.2) is 34.8 Å². The van der Waals surface area contributed by atoms with Crippen molar-refractivity contribution in [3.05, 3.63) is 22.4 Å². The van der Waals surface area contributed by atoms with Crippen LogP contribution >= 0.6 is 23.1 Å². The molecule has 1 aliphatic rings. The summed E-state index contributed by atoms with van der Waals surface area (Å²) in [6.45, 7) is 4.63. The maximum atomic E-state index is 12.1. The Kier molecular flexibility index (Phi) is 5.96. The van der Waals surface area contributed by atoms with Crippen molar-refractivity contribution in [1.82, 2.24) is 10.6 Å². The number of thioether (sulfide) groups is 1. The monoisotopic (exact) mass is 328 g/mol. The van der Waals surface area contributed by atoms with Crippen LogP contribution in [0.25, 0.3) is 0 Å². The van der Waals surface area contributed by atoms with Gasteiger partial charge in [0.1, 0.15) is 0 Å². The highest BCUT2D eigenvalue weighted by atomic mass is 32.2. The van der Waals surface area contributed by atoms with Gasteiger partial charge in [-0.05, 0) is 36.0 Å². The van der Waals surface area contributed by atoms with E-state index in [0.717, 1.165) is 18.6 Å². The molecule has 3 N–H and O–H groups in total. The fraction of sp³-hybridized carbons (Fsp3) is 0.667. The Bertz CT molecular complexity index is 443. The van der Waals surface area contributed by atoms with Crippen LogP contribution in [0, 0.1) is 5.92 Å². The van der Waals surface area contributed by atoms with Gasteiger partial charge in [0.05, 0.1) is 11.6 Å². The minimum Gasteiger partial charge on any atom is -0.387 e. The molecule has 21 heavy (non-hydrogen) atoms. The molecule has 2 amide bonds. The summed E-state index contributed by atoms with van der Waals surface area (Å²) >= 11 is 3.40. The van der Waals surface area contributed by atoms with Crippen LogP contribution in [0.3, 0.4) is 0 Å². The molecule has 0 saturated carbocycles. The average Bonchev–Trinajstić information content (AvgIpc) is 3.07. The van der Waals surface area contributed by atoms with Crippen molar-refractivity contribution in [1.29, 1.82) is 0 Å². The Labute approximate surface area is 134 Å². The SMILES string of the molecule is CC(C)C[C@@H](NC(=O)NC[C@]1(O)CCSC1)c1cccs1. The summed E-state index contributed by atoms with van der Waals surface area (Å²) in [5.74, 6) is 2.17. The summed E-state index contributed by atoms with van der Waals surface area (Å²) < 4.78 is 0. The average molecular weight is 329 g/mol. The lowest BCUT2D eigenvalue weighted by Crippen LogP contribution is -2.47. The third-order valence-corrected chi connectivity index (χ3v) is 5.78. The van der Waals surface area contributed by atoms with Gasteiger partial charge in [0.2, 0.25) is 0 Å². The topological polar surface area (TPSA) is 61.4 Å². The first-order chi connectivity index (χ1) is 9.98. The van der Waals surface area contributed by atoms with Crippen LogP contribution in [0.15, 0.2) is 17.5 Å². The van der Waals surface area contributed by atoms with Gasteiger partial charge in [-0.25, -0.2) is 4.79 Å². The Morgan fingerprint density at radius 2 is 2.33 bits per heavy atom. The summed E-state index contributed by atoms with van der Waals surface area (Å²) in [5, 5.41) is 18.1. The molecule has 1 saturated heterocycles. The number of amides is 2. The van der Waals surface area contributed by atoms with E-state index in [0.29, 0.717) is 18.2 Å². The van der Waals surface area contributed by atoms with E-state index in [-0.39, 0.29) is 12.1 Å². The molecule has 6 heteroatoms. The zero-order valence-electron chi connectivity index (χ0n) is 12.6. The fourth-order valence-electron chi connectivity index (χ4n) is 2.40. The second-order valence-electron chi connectivity index (χ2n) is 6.05. The highest BCUT2D eigenvalue weighted by Gasteiger charge is 2.32. The molecule has 118 valence electrons. The molecule has 4 nitrogen and oxygen atoms in total. The Morgan fingerprint density at radius 1 is 1.52 bits per heavy atom. The van der Waals surface area contributed by atoms with E-state index < -0.39 is 5.60 Å². The lowest BCUT2D eigenvalue weighted by atomic mass is 10.0. The van der Waals surface area contributed by atoms with Gasteiger partial charge in [-0.3, -0.25) is 0 Å². The predicted octanol–water partition coefficient (Wildman–Crippen LogP) is 3.00. The van der Waals surface area contributed by atoms with Crippen molar-refractivity contribution in [3.63, 3.8) is 0 Å². The zero-order valence-corrected chi connectivity index (χ0v) is 14.2. The van der Waals surface area contributed by atoms with Crippen molar-refractivity contribution >= 4 is 29.1 Å². The minimum absolute atomic E-state index is 0.0394. The summed E-state index contributed by atoms with van der Waals surface area (Å²) in [6.07, 6.45) is 1.66. The Morgan fingerprint density at radius 3 is 2.90 bits per heavy atom. The molecule has 0 radical (unpaired) electrons. The van der Waals surface area contributed by atoms with E-state index in [9.17, 15) is 9.90 Å². The molecule has 0 aliphatic carbocycles. The molecular weight excluding hydrogens is 304 g/mol. The van der Waals surface area contributed by atoms with E-state index in [1.165, 1.54) is 4.88 Å². The number of aliphatic hydroxyl groups is 1. The molecule has 1 fully saturated rings. The van der Waals surface area contributed by atoms with Crippen LogP contribution in [-0.2, 0) is 0 Å². The van der Waals surface area contributed by atoms with E-state index in [4.69, 9.17) is 0 Å². The molecule has 0 unspecified atom stereocenters. The van der Waals surface area contributed by atoms with Crippen LogP contribution in [0.2, 0.25) is 0 Å². The van der Waals surface area contributed by atoms with Crippen molar-refractivity contribution in [3.8, 4) is 0 Å². The number of rotatable bonds is 6.